The summed E-state index contributed by atoms with van der Waals surface area (Å²) in [4.78, 5) is 17.3. The van der Waals surface area contributed by atoms with Crippen molar-refractivity contribution < 1.29 is 9.53 Å². The monoisotopic (exact) mass is 465 g/mol. The van der Waals surface area contributed by atoms with Gasteiger partial charge >= 0.3 is 0 Å². The summed E-state index contributed by atoms with van der Waals surface area (Å²) in [5.41, 5.74) is 8.23. The van der Waals surface area contributed by atoms with E-state index < -0.39 is 0 Å². The van der Waals surface area contributed by atoms with E-state index in [1.54, 1.807) is 19.2 Å². The molecule has 1 heterocycles. The number of anilines is 1. The van der Waals surface area contributed by atoms with Crippen LogP contribution in [0.25, 0.3) is 0 Å². The molecule has 5 nitrogen and oxygen atoms in total. The zero-order valence-corrected chi connectivity index (χ0v) is 18.5. The number of piperidine rings is 1. The molecule has 0 aliphatic carbocycles. The Kier molecular flexibility index (Phi) is 6.86. The Morgan fingerprint density at radius 3 is 2.54 bits per heavy atom. The summed E-state index contributed by atoms with van der Waals surface area (Å²) in [6.45, 7) is 2.81. The van der Waals surface area contributed by atoms with Crippen LogP contribution in [0.5, 0.6) is 5.75 Å². The van der Waals surface area contributed by atoms with E-state index in [4.69, 9.17) is 22.1 Å². The Morgan fingerprint density at radius 1 is 1.29 bits per heavy atom. The quantitative estimate of drug-likeness (QED) is 0.662. The molecule has 28 heavy (non-hydrogen) atoms. The largest absolute Gasteiger partial charge is 0.496 e. The SMILES string of the molecule is COc1cc(N)c(Br)cc1C(=O)N(C)C1CCN(Cc2ccc(Cl)cc2)CC1. The Labute approximate surface area is 179 Å². The van der Waals surface area contributed by atoms with Crippen LogP contribution in [-0.4, -0.2) is 49.0 Å². The highest BCUT2D eigenvalue weighted by Gasteiger charge is 2.28. The van der Waals surface area contributed by atoms with Crippen LogP contribution in [0, 0.1) is 0 Å². The fourth-order valence-electron chi connectivity index (χ4n) is 3.57. The summed E-state index contributed by atoms with van der Waals surface area (Å²) in [5.74, 6) is 0.450. The Hall–Kier alpha value is -1.76. The molecule has 2 aromatic carbocycles. The molecule has 0 saturated carbocycles. The van der Waals surface area contributed by atoms with E-state index >= 15 is 0 Å². The van der Waals surface area contributed by atoms with Gasteiger partial charge < -0.3 is 15.4 Å². The van der Waals surface area contributed by atoms with Gasteiger partial charge in [0.05, 0.1) is 12.7 Å². The van der Waals surface area contributed by atoms with Crippen molar-refractivity contribution in [3.63, 3.8) is 0 Å². The van der Waals surface area contributed by atoms with Gasteiger partial charge in [-0.25, -0.2) is 0 Å². The maximum absolute atomic E-state index is 13.0. The molecule has 2 N–H and O–H groups in total. The van der Waals surface area contributed by atoms with Gasteiger partial charge in [-0.1, -0.05) is 23.7 Å². The first-order chi connectivity index (χ1) is 13.4. The predicted octanol–water partition coefficient (Wildman–Crippen LogP) is 4.43. The van der Waals surface area contributed by atoms with Crippen LogP contribution in [0.15, 0.2) is 40.9 Å². The Morgan fingerprint density at radius 2 is 1.93 bits per heavy atom. The molecule has 0 radical (unpaired) electrons. The van der Waals surface area contributed by atoms with Crippen molar-refractivity contribution in [3.05, 3.63) is 57.0 Å². The highest BCUT2D eigenvalue weighted by molar-refractivity contribution is 9.10. The van der Waals surface area contributed by atoms with Crippen molar-refractivity contribution in [3.8, 4) is 5.75 Å². The first-order valence-corrected chi connectivity index (χ1v) is 10.4. The molecular weight excluding hydrogens is 442 g/mol. The minimum atomic E-state index is -0.0475. The smallest absolute Gasteiger partial charge is 0.257 e. The molecule has 0 atom stereocenters. The Bertz CT molecular complexity index is 836. The highest BCUT2D eigenvalue weighted by Crippen LogP contribution is 2.31. The van der Waals surface area contributed by atoms with E-state index in [2.05, 4.69) is 33.0 Å². The second kappa shape index (κ2) is 9.16. The highest BCUT2D eigenvalue weighted by atomic mass is 79.9. The zero-order chi connectivity index (χ0) is 20.3. The van der Waals surface area contributed by atoms with Crippen LogP contribution in [0.2, 0.25) is 5.02 Å². The third-order valence-corrected chi connectivity index (χ3v) is 6.23. The van der Waals surface area contributed by atoms with Crippen molar-refractivity contribution in [2.45, 2.75) is 25.4 Å². The van der Waals surface area contributed by atoms with Gasteiger partial charge in [0.1, 0.15) is 5.75 Å². The van der Waals surface area contributed by atoms with Gasteiger partial charge in [0.15, 0.2) is 0 Å². The average Bonchev–Trinajstić information content (AvgIpc) is 2.71. The summed E-state index contributed by atoms with van der Waals surface area (Å²) in [6.07, 6.45) is 1.88. The number of methoxy groups -OCH3 is 1. The van der Waals surface area contributed by atoms with Crippen molar-refractivity contribution in [2.24, 2.45) is 0 Å². The number of hydrogen-bond donors (Lipinski definition) is 1. The number of halogens is 2. The van der Waals surface area contributed by atoms with E-state index in [-0.39, 0.29) is 11.9 Å². The lowest BCUT2D eigenvalue weighted by molar-refractivity contribution is 0.0633. The van der Waals surface area contributed by atoms with Crippen molar-refractivity contribution in [1.82, 2.24) is 9.80 Å². The van der Waals surface area contributed by atoms with Gasteiger partial charge in [-0.3, -0.25) is 9.69 Å². The van der Waals surface area contributed by atoms with Crippen molar-refractivity contribution >= 4 is 39.1 Å². The molecular formula is C21H25BrClN3O2. The topological polar surface area (TPSA) is 58.8 Å². The number of hydrogen-bond acceptors (Lipinski definition) is 4. The number of carbonyl (C=O) groups excluding carboxylic acids is 1. The molecule has 7 heteroatoms. The third kappa shape index (κ3) is 4.80. The molecule has 1 amide bonds. The number of benzene rings is 2. The van der Waals surface area contributed by atoms with E-state index in [0.29, 0.717) is 21.5 Å². The van der Waals surface area contributed by atoms with Crippen LogP contribution < -0.4 is 10.5 Å². The van der Waals surface area contributed by atoms with Crippen molar-refractivity contribution in [1.29, 1.82) is 0 Å². The van der Waals surface area contributed by atoms with E-state index in [9.17, 15) is 4.79 Å². The van der Waals surface area contributed by atoms with Gasteiger partial charge in [0, 0.05) is 54.0 Å². The minimum Gasteiger partial charge on any atom is -0.496 e. The summed E-state index contributed by atoms with van der Waals surface area (Å²) in [6, 6.07) is 11.6. The van der Waals surface area contributed by atoms with Gasteiger partial charge in [-0.15, -0.1) is 0 Å². The number of likely N-dealkylation sites (tertiary alicyclic amines) is 1. The number of rotatable bonds is 5. The number of nitrogen functional groups attached to an aromatic ring is 1. The maximum atomic E-state index is 13.0. The van der Waals surface area contributed by atoms with Gasteiger partial charge in [0.25, 0.3) is 5.91 Å². The third-order valence-electron chi connectivity index (χ3n) is 5.29. The standard InChI is InChI=1S/C21H25BrClN3O2/c1-25(21(27)17-11-18(22)19(24)12-20(17)28-2)16-7-9-26(10-8-16)13-14-3-5-15(23)6-4-14/h3-6,11-12,16H,7-10,13,24H2,1-2H3. The first kappa shape index (κ1) is 21.0. The number of carbonyl (C=O) groups is 1. The average molecular weight is 467 g/mol. The zero-order valence-electron chi connectivity index (χ0n) is 16.1. The predicted molar refractivity (Wildman–Crippen MR) is 117 cm³/mol. The fourth-order valence-corrected chi connectivity index (χ4v) is 4.04. The molecule has 1 fully saturated rings. The molecule has 0 aromatic heterocycles. The lowest BCUT2D eigenvalue weighted by Crippen LogP contribution is -2.45. The summed E-state index contributed by atoms with van der Waals surface area (Å²) in [7, 11) is 3.42. The summed E-state index contributed by atoms with van der Waals surface area (Å²) < 4.78 is 6.06. The molecule has 1 aliphatic rings. The van der Waals surface area contributed by atoms with E-state index in [0.717, 1.165) is 37.5 Å². The second-order valence-electron chi connectivity index (χ2n) is 7.12. The van der Waals surface area contributed by atoms with Gasteiger partial charge in [0.2, 0.25) is 0 Å². The fraction of sp³-hybridized carbons (Fsp3) is 0.381. The number of nitrogens with zero attached hydrogens (tertiary/aromatic N) is 2. The van der Waals surface area contributed by atoms with Crippen LogP contribution in [0.4, 0.5) is 5.69 Å². The summed E-state index contributed by atoms with van der Waals surface area (Å²) in [5, 5.41) is 0.757. The van der Waals surface area contributed by atoms with Crippen LogP contribution in [0.3, 0.4) is 0 Å². The molecule has 0 spiro atoms. The second-order valence-corrected chi connectivity index (χ2v) is 8.41. The van der Waals surface area contributed by atoms with E-state index in [1.165, 1.54) is 5.56 Å². The van der Waals surface area contributed by atoms with Crippen LogP contribution in [0.1, 0.15) is 28.8 Å². The molecule has 0 unspecified atom stereocenters. The molecule has 150 valence electrons. The van der Waals surface area contributed by atoms with Crippen LogP contribution in [-0.2, 0) is 6.54 Å². The minimum absolute atomic E-state index is 0.0475. The normalized spacial score (nSPS) is 15.4. The molecule has 0 bridgehead atoms. The number of amides is 1. The van der Waals surface area contributed by atoms with Crippen molar-refractivity contribution in [2.75, 3.05) is 33.0 Å². The summed E-state index contributed by atoms with van der Waals surface area (Å²) >= 11 is 9.36. The Balaban J connectivity index is 1.62. The first-order valence-electron chi connectivity index (χ1n) is 9.26. The van der Waals surface area contributed by atoms with Crippen LogP contribution >= 0.6 is 27.5 Å². The number of nitrogens with two attached hydrogens (primary N) is 1. The molecule has 1 aliphatic heterocycles. The van der Waals surface area contributed by atoms with Gasteiger partial charge in [-0.2, -0.15) is 0 Å². The van der Waals surface area contributed by atoms with Gasteiger partial charge in [-0.05, 0) is 52.5 Å². The van der Waals surface area contributed by atoms with E-state index in [1.807, 2.05) is 24.1 Å². The molecule has 2 aromatic rings. The maximum Gasteiger partial charge on any atom is 0.257 e. The molecule has 1 saturated heterocycles. The lowest BCUT2D eigenvalue weighted by atomic mass is 10.0. The molecule has 3 rings (SSSR count). The number of ether oxygens (including phenoxy) is 1. The lowest BCUT2D eigenvalue weighted by Gasteiger charge is -2.37.